The molecular weight excluding hydrogens is 192 g/mol. The van der Waals surface area contributed by atoms with Gasteiger partial charge in [0.15, 0.2) is 0 Å². The van der Waals surface area contributed by atoms with E-state index in [1.165, 1.54) is 5.40 Å². The lowest BCUT2D eigenvalue weighted by molar-refractivity contribution is 0.424. The summed E-state index contributed by atoms with van der Waals surface area (Å²) >= 11 is 3.09. The second-order valence-corrected chi connectivity index (χ2v) is 2.75. The van der Waals surface area contributed by atoms with Gasteiger partial charge in [0.25, 0.3) is 0 Å². The van der Waals surface area contributed by atoms with Gasteiger partial charge < -0.3 is 4.90 Å². The Balaban J connectivity index is 0.000000500. The Kier molecular flexibility index (Phi) is 7.39. The van der Waals surface area contributed by atoms with Crippen molar-refractivity contribution in [2.75, 3.05) is 0 Å². The zero-order valence-electron chi connectivity index (χ0n) is 8.00. The van der Waals surface area contributed by atoms with Gasteiger partial charge in [-0.3, -0.25) is 0 Å². The third kappa shape index (κ3) is 4.58. The zero-order chi connectivity index (χ0) is 10.8. The third-order valence-corrected chi connectivity index (χ3v) is 1.70. The van der Waals surface area contributed by atoms with Crippen molar-refractivity contribution in [2.24, 2.45) is 0 Å². The minimum Gasteiger partial charge on any atom is -0.348 e. The average molecular weight is 206 g/mol. The van der Waals surface area contributed by atoms with Crippen molar-refractivity contribution >= 4 is 12.6 Å². The van der Waals surface area contributed by atoms with Crippen LogP contribution in [0.5, 0.6) is 0 Å². The number of thiocyanates is 1. The molecule has 1 heterocycles. The molecule has 0 saturated heterocycles. The van der Waals surface area contributed by atoms with E-state index < -0.39 is 0 Å². The van der Waals surface area contributed by atoms with Gasteiger partial charge in [0.2, 0.25) is 0 Å². The minimum atomic E-state index is 0.412. The van der Waals surface area contributed by atoms with Crippen LogP contribution in [0.3, 0.4) is 0 Å². The lowest BCUT2D eigenvalue weighted by Crippen LogP contribution is -2.24. The van der Waals surface area contributed by atoms with Gasteiger partial charge in [-0.1, -0.05) is 37.4 Å². The molecule has 0 N–H and O–H groups in total. The zero-order valence-corrected chi connectivity index (χ0v) is 8.90. The van der Waals surface area contributed by atoms with Gasteiger partial charge in [0.05, 0.1) is 6.04 Å². The Hall–Kier alpha value is -1.40. The summed E-state index contributed by atoms with van der Waals surface area (Å²) in [6.45, 7) is 7.43. The van der Waals surface area contributed by atoms with E-state index in [1.54, 1.807) is 0 Å². The highest BCUT2D eigenvalue weighted by molar-refractivity contribution is 7.85. The van der Waals surface area contributed by atoms with Gasteiger partial charge in [0.1, 0.15) is 5.40 Å². The fourth-order valence-electron chi connectivity index (χ4n) is 1.12. The summed E-state index contributed by atoms with van der Waals surface area (Å²) in [4.78, 5) is 2.07. The van der Waals surface area contributed by atoms with Gasteiger partial charge >= 0.3 is 0 Å². The van der Waals surface area contributed by atoms with Crippen molar-refractivity contribution in [1.29, 1.82) is 5.26 Å². The maximum absolute atomic E-state index is 7.18. The molecule has 1 rings (SSSR count). The molecule has 0 aromatic carbocycles. The molecule has 2 nitrogen and oxygen atoms in total. The fraction of sp³-hybridized carbons (Fsp3) is 0.182. The Morgan fingerprint density at radius 1 is 1.50 bits per heavy atom. The predicted molar refractivity (Wildman–Crippen MR) is 63.5 cm³/mol. The SMILES string of the molecule is C=CCC1C=CC=CN1C=C.N#CS. The van der Waals surface area contributed by atoms with Crippen LogP contribution in [-0.4, -0.2) is 10.9 Å². The van der Waals surface area contributed by atoms with Crippen LogP contribution in [-0.2, 0) is 0 Å². The topological polar surface area (TPSA) is 27.0 Å². The molecule has 3 heteroatoms. The molecule has 1 aliphatic rings. The van der Waals surface area contributed by atoms with Crippen LogP contribution >= 0.6 is 12.6 Å². The molecule has 0 amide bonds. The van der Waals surface area contributed by atoms with E-state index in [0.717, 1.165) is 6.42 Å². The summed E-state index contributed by atoms with van der Waals surface area (Å²) < 4.78 is 0. The van der Waals surface area contributed by atoms with Gasteiger partial charge in [0, 0.05) is 6.20 Å². The molecule has 0 aliphatic carbocycles. The highest BCUT2D eigenvalue weighted by atomic mass is 32.1. The number of hydrogen-bond acceptors (Lipinski definition) is 3. The molecule has 74 valence electrons. The van der Waals surface area contributed by atoms with Crippen LogP contribution in [0.15, 0.2) is 49.9 Å². The summed E-state index contributed by atoms with van der Waals surface area (Å²) in [5, 5.41) is 8.63. The van der Waals surface area contributed by atoms with E-state index in [4.69, 9.17) is 5.26 Å². The van der Waals surface area contributed by atoms with Crippen LogP contribution < -0.4 is 0 Å². The first-order valence-corrected chi connectivity index (χ1v) is 4.64. The van der Waals surface area contributed by atoms with Crippen molar-refractivity contribution in [3.05, 3.63) is 49.9 Å². The Bertz CT molecular complexity index is 274. The van der Waals surface area contributed by atoms with Gasteiger partial charge in [-0.25, -0.2) is 0 Å². The van der Waals surface area contributed by atoms with Crippen LogP contribution in [0.2, 0.25) is 0 Å². The molecule has 0 fully saturated rings. The molecule has 0 aromatic rings. The fourth-order valence-corrected chi connectivity index (χ4v) is 1.12. The van der Waals surface area contributed by atoms with Gasteiger partial charge in [-0.2, -0.15) is 5.26 Å². The van der Waals surface area contributed by atoms with Crippen molar-refractivity contribution < 1.29 is 0 Å². The highest BCUT2D eigenvalue weighted by Crippen LogP contribution is 2.11. The molecule has 0 bridgehead atoms. The predicted octanol–water partition coefficient (Wildman–Crippen LogP) is 2.86. The molecule has 0 aromatic heterocycles. The summed E-state index contributed by atoms with van der Waals surface area (Å²) in [5.74, 6) is 0. The number of rotatable bonds is 3. The summed E-state index contributed by atoms with van der Waals surface area (Å²) in [6.07, 6.45) is 12.9. The van der Waals surface area contributed by atoms with E-state index in [2.05, 4.69) is 36.8 Å². The van der Waals surface area contributed by atoms with E-state index in [0.29, 0.717) is 6.04 Å². The monoisotopic (exact) mass is 206 g/mol. The average Bonchev–Trinajstić information content (AvgIpc) is 2.20. The number of hydrogen-bond donors (Lipinski definition) is 1. The normalized spacial score (nSPS) is 17.7. The number of thiol groups is 1. The van der Waals surface area contributed by atoms with Crippen molar-refractivity contribution in [3.63, 3.8) is 0 Å². The first kappa shape index (κ1) is 12.6. The highest BCUT2D eigenvalue weighted by Gasteiger charge is 2.08. The second kappa shape index (κ2) is 8.21. The van der Waals surface area contributed by atoms with E-state index in [1.807, 2.05) is 30.6 Å². The Morgan fingerprint density at radius 3 is 2.64 bits per heavy atom. The Labute approximate surface area is 90.9 Å². The maximum atomic E-state index is 7.18. The van der Waals surface area contributed by atoms with E-state index in [-0.39, 0.29) is 0 Å². The van der Waals surface area contributed by atoms with Crippen LogP contribution in [0.25, 0.3) is 0 Å². The molecular formula is C11H14N2S. The van der Waals surface area contributed by atoms with Crippen molar-refractivity contribution in [1.82, 2.24) is 4.90 Å². The number of nitrogens with zero attached hydrogens (tertiary/aromatic N) is 2. The van der Waals surface area contributed by atoms with Gasteiger partial charge in [-0.15, -0.1) is 6.58 Å². The molecule has 1 unspecified atom stereocenters. The molecule has 0 saturated carbocycles. The maximum Gasteiger partial charge on any atom is 0.130 e. The minimum absolute atomic E-state index is 0.412. The molecule has 1 aliphatic heterocycles. The lowest BCUT2D eigenvalue weighted by atomic mass is 10.1. The van der Waals surface area contributed by atoms with Crippen LogP contribution in [0.4, 0.5) is 0 Å². The Morgan fingerprint density at radius 2 is 2.14 bits per heavy atom. The van der Waals surface area contributed by atoms with E-state index >= 15 is 0 Å². The first-order chi connectivity index (χ1) is 6.79. The van der Waals surface area contributed by atoms with E-state index in [9.17, 15) is 0 Å². The van der Waals surface area contributed by atoms with Crippen LogP contribution in [0, 0.1) is 10.7 Å². The third-order valence-electron chi connectivity index (χ3n) is 1.70. The molecule has 14 heavy (non-hydrogen) atoms. The van der Waals surface area contributed by atoms with Crippen molar-refractivity contribution in [3.8, 4) is 5.40 Å². The summed E-state index contributed by atoms with van der Waals surface area (Å²) in [5.41, 5.74) is 0. The van der Waals surface area contributed by atoms with Crippen molar-refractivity contribution in [2.45, 2.75) is 12.5 Å². The smallest absolute Gasteiger partial charge is 0.130 e. The molecule has 1 atom stereocenters. The quantitative estimate of drug-likeness (QED) is 0.437. The summed E-state index contributed by atoms with van der Waals surface area (Å²) in [7, 11) is 0. The number of allylic oxidation sites excluding steroid dienone is 2. The molecule has 0 radical (unpaired) electrons. The standard InChI is InChI=1S/C10H13N.CHNS/c1-3-7-10-8-5-6-9-11(10)4-2;2-1-3/h3-6,8-10H,1-2,7H2;3H. The lowest BCUT2D eigenvalue weighted by Gasteiger charge is -2.25. The summed E-state index contributed by atoms with van der Waals surface area (Å²) in [6, 6.07) is 0.412. The first-order valence-electron chi connectivity index (χ1n) is 4.19. The number of nitriles is 1. The second-order valence-electron chi connectivity index (χ2n) is 2.55. The largest absolute Gasteiger partial charge is 0.348 e. The van der Waals surface area contributed by atoms with Crippen LogP contribution in [0.1, 0.15) is 6.42 Å². The van der Waals surface area contributed by atoms with Gasteiger partial charge in [-0.05, 0) is 18.7 Å². The molecule has 0 spiro atoms.